The highest BCUT2D eigenvalue weighted by atomic mass is 35.5. The third-order valence-electron chi connectivity index (χ3n) is 4.56. The molecule has 1 fully saturated rings. The van der Waals surface area contributed by atoms with Crippen LogP contribution < -0.4 is 16.0 Å². The number of nitrogens with one attached hydrogen (secondary N) is 3. The summed E-state index contributed by atoms with van der Waals surface area (Å²) in [6.45, 7) is 3.65. The summed E-state index contributed by atoms with van der Waals surface area (Å²) in [4.78, 5) is 23.9. The van der Waals surface area contributed by atoms with Gasteiger partial charge < -0.3 is 16.0 Å². The highest BCUT2D eigenvalue weighted by Gasteiger charge is 2.16. The lowest BCUT2D eigenvalue weighted by atomic mass is 10.0. The van der Waals surface area contributed by atoms with Gasteiger partial charge in [-0.25, -0.2) is 0 Å². The van der Waals surface area contributed by atoms with Crippen molar-refractivity contribution >= 4 is 29.9 Å². The van der Waals surface area contributed by atoms with Crippen LogP contribution in [0.1, 0.15) is 51.0 Å². The Morgan fingerprint density at radius 2 is 1.84 bits per heavy atom. The molecule has 140 valence electrons. The van der Waals surface area contributed by atoms with Crippen molar-refractivity contribution in [2.24, 2.45) is 5.92 Å². The highest BCUT2D eigenvalue weighted by Crippen LogP contribution is 2.28. The summed E-state index contributed by atoms with van der Waals surface area (Å²) >= 11 is 0. The van der Waals surface area contributed by atoms with E-state index in [1.807, 2.05) is 31.2 Å². The molecule has 1 aliphatic rings. The van der Waals surface area contributed by atoms with E-state index in [9.17, 15) is 9.59 Å². The van der Waals surface area contributed by atoms with E-state index >= 15 is 0 Å². The minimum Gasteiger partial charge on any atom is -0.347 e. The molecule has 3 N–H and O–H groups in total. The molecule has 0 atom stereocenters. The first-order valence-electron chi connectivity index (χ1n) is 9.04. The molecule has 0 aromatic heterocycles. The molecule has 2 amide bonds. The van der Waals surface area contributed by atoms with Gasteiger partial charge in [-0.05, 0) is 30.5 Å². The molecule has 0 bridgehead atoms. The Balaban J connectivity index is 0.00000312. The Morgan fingerprint density at radius 1 is 1.12 bits per heavy atom. The first-order valence-corrected chi connectivity index (χ1v) is 9.04. The number of amides is 2. The maximum absolute atomic E-state index is 12.1. The molecule has 0 spiro atoms. The van der Waals surface area contributed by atoms with E-state index in [-0.39, 0.29) is 30.8 Å². The van der Waals surface area contributed by atoms with Gasteiger partial charge in [-0.2, -0.15) is 0 Å². The molecule has 1 saturated carbocycles. The van der Waals surface area contributed by atoms with Crippen LogP contribution in [0.4, 0.5) is 5.69 Å². The van der Waals surface area contributed by atoms with Gasteiger partial charge in [0.2, 0.25) is 11.8 Å². The number of para-hydroxylation sites is 1. The molecule has 0 unspecified atom stereocenters. The standard InChI is InChI=1S/C19H29N3O2.ClH/c1-2-20-13-16-9-5-6-10-17(16)22-19(24)14-21-18(23)12-11-15-7-3-4-8-15;/h5-6,9-10,15,20H,2-4,7-8,11-14H2,1H3,(H,21,23)(H,22,24);1H. The fourth-order valence-corrected chi connectivity index (χ4v) is 3.15. The van der Waals surface area contributed by atoms with E-state index in [1.54, 1.807) is 0 Å². The van der Waals surface area contributed by atoms with Crippen molar-refractivity contribution in [3.05, 3.63) is 29.8 Å². The quantitative estimate of drug-likeness (QED) is 0.627. The molecule has 0 aliphatic heterocycles. The number of hydrogen-bond acceptors (Lipinski definition) is 3. The Hall–Kier alpha value is -1.59. The molecular formula is C19H30ClN3O2. The third-order valence-corrected chi connectivity index (χ3v) is 4.56. The van der Waals surface area contributed by atoms with Crippen LogP contribution in [0.3, 0.4) is 0 Å². The highest BCUT2D eigenvalue weighted by molar-refractivity contribution is 5.95. The summed E-state index contributed by atoms with van der Waals surface area (Å²) in [6.07, 6.45) is 6.54. The van der Waals surface area contributed by atoms with Crippen molar-refractivity contribution in [1.82, 2.24) is 10.6 Å². The lowest BCUT2D eigenvalue weighted by Gasteiger charge is -2.12. The summed E-state index contributed by atoms with van der Waals surface area (Å²) < 4.78 is 0. The van der Waals surface area contributed by atoms with Crippen LogP contribution in [0.25, 0.3) is 0 Å². The van der Waals surface area contributed by atoms with Crippen molar-refractivity contribution in [2.75, 3.05) is 18.4 Å². The van der Waals surface area contributed by atoms with Crippen LogP contribution in [-0.2, 0) is 16.1 Å². The molecule has 1 aromatic rings. The van der Waals surface area contributed by atoms with Crippen LogP contribution in [-0.4, -0.2) is 24.9 Å². The van der Waals surface area contributed by atoms with E-state index < -0.39 is 0 Å². The van der Waals surface area contributed by atoms with Crippen LogP contribution in [0, 0.1) is 5.92 Å². The average Bonchev–Trinajstić information content (AvgIpc) is 3.11. The molecule has 0 radical (unpaired) electrons. The molecule has 25 heavy (non-hydrogen) atoms. The molecule has 0 saturated heterocycles. The van der Waals surface area contributed by atoms with Gasteiger partial charge in [-0.1, -0.05) is 50.8 Å². The predicted molar refractivity (Wildman–Crippen MR) is 104 cm³/mol. The molecule has 2 rings (SSSR count). The van der Waals surface area contributed by atoms with Gasteiger partial charge in [0, 0.05) is 18.7 Å². The average molecular weight is 368 g/mol. The molecule has 0 heterocycles. The monoisotopic (exact) mass is 367 g/mol. The van der Waals surface area contributed by atoms with Crippen LogP contribution in [0.2, 0.25) is 0 Å². The van der Waals surface area contributed by atoms with Gasteiger partial charge >= 0.3 is 0 Å². The number of halogens is 1. The lowest BCUT2D eigenvalue weighted by Crippen LogP contribution is -2.33. The Bertz CT molecular complexity index is 545. The second-order valence-corrected chi connectivity index (χ2v) is 6.45. The fourth-order valence-electron chi connectivity index (χ4n) is 3.15. The summed E-state index contributed by atoms with van der Waals surface area (Å²) in [5.41, 5.74) is 1.84. The summed E-state index contributed by atoms with van der Waals surface area (Å²) in [7, 11) is 0. The van der Waals surface area contributed by atoms with Gasteiger partial charge in [0.15, 0.2) is 0 Å². The largest absolute Gasteiger partial charge is 0.347 e. The van der Waals surface area contributed by atoms with Gasteiger partial charge in [0.1, 0.15) is 0 Å². The van der Waals surface area contributed by atoms with Crippen molar-refractivity contribution in [3.63, 3.8) is 0 Å². The maximum Gasteiger partial charge on any atom is 0.243 e. The number of hydrogen-bond donors (Lipinski definition) is 3. The topological polar surface area (TPSA) is 70.2 Å². The van der Waals surface area contributed by atoms with E-state index in [1.165, 1.54) is 25.7 Å². The zero-order valence-corrected chi connectivity index (χ0v) is 15.8. The molecule has 1 aromatic carbocycles. The van der Waals surface area contributed by atoms with E-state index in [0.29, 0.717) is 18.9 Å². The number of anilines is 1. The van der Waals surface area contributed by atoms with Crippen molar-refractivity contribution < 1.29 is 9.59 Å². The number of rotatable bonds is 9. The second-order valence-electron chi connectivity index (χ2n) is 6.45. The van der Waals surface area contributed by atoms with Gasteiger partial charge in [0.25, 0.3) is 0 Å². The minimum absolute atomic E-state index is 0. The SMILES string of the molecule is CCNCc1ccccc1NC(=O)CNC(=O)CCC1CCCC1.Cl. The fraction of sp³-hybridized carbons (Fsp3) is 0.579. The van der Waals surface area contributed by atoms with E-state index in [0.717, 1.165) is 24.2 Å². The van der Waals surface area contributed by atoms with Crippen molar-refractivity contribution in [3.8, 4) is 0 Å². The van der Waals surface area contributed by atoms with Crippen LogP contribution in [0.5, 0.6) is 0 Å². The number of benzene rings is 1. The maximum atomic E-state index is 12.1. The third kappa shape index (κ3) is 7.88. The molecular weight excluding hydrogens is 338 g/mol. The molecule has 6 heteroatoms. The second kappa shape index (κ2) is 11.9. The zero-order chi connectivity index (χ0) is 17.2. The summed E-state index contributed by atoms with van der Waals surface area (Å²) in [5, 5.41) is 8.85. The number of carbonyl (C=O) groups excluding carboxylic acids is 2. The molecule has 5 nitrogen and oxygen atoms in total. The van der Waals surface area contributed by atoms with Gasteiger partial charge in [0.05, 0.1) is 6.54 Å². The first-order chi connectivity index (χ1) is 11.7. The van der Waals surface area contributed by atoms with Gasteiger partial charge in [-0.3, -0.25) is 9.59 Å². The number of carbonyl (C=O) groups is 2. The summed E-state index contributed by atoms with van der Waals surface area (Å²) in [6, 6.07) is 7.71. The summed E-state index contributed by atoms with van der Waals surface area (Å²) in [5.74, 6) is 0.480. The Labute approximate surface area is 156 Å². The first kappa shape index (κ1) is 21.5. The molecule has 1 aliphatic carbocycles. The Kier molecular flexibility index (Phi) is 10.2. The normalized spacial score (nSPS) is 14.0. The zero-order valence-electron chi connectivity index (χ0n) is 15.0. The van der Waals surface area contributed by atoms with E-state index in [4.69, 9.17) is 0 Å². The Morgan fingerprint density at radius 3 is 2.56 bits per heavy atom. The van der Waals surface area contributed by atoms with E-state index in [2.05, 4.69) is 16.0 Å². The smallest absolute Gasteiger partial charge is 0.243 e. The predicted octanol–water partition coefficient (Wildman–Crippen LogP) is 3.24. The minimum atomic E-state index is -0.187. The van der Waals surface area contributed by atoms with Crippen LogP contribution >= 0.6 is 12.4 Å². The lowest BCUT2D eigenvalue weighted by molar-refractivity contribution is -0.124. The van der Waals surface area contributed by atoms with Gasteiger partial charge in [-0.15, -0.1) is 12.4 Å². The van der Waals surface area contributed by atoms with Crippen LogP contribution in [0.15, 0.2) is 24.3 Å². The van der Waals surface area contributed by atoms with Crippen molar-refractivity contribution in [2.45, 2.75) is 52.0 Å². The van der Waals surface area contributed by atoms with Crippen molar-refractivity contribution in [1.29, 1.82) is 0 Å².